The van der Waals surface area contributed by atoms with Crippen molar-refractivity contribution in [3.63, 3.8) is 0 Å². The zero-order valence-electron chi connectivity index (χ0n) is 13.2. The van der Waals surface area contributed by atoms with Gasteiger partial charge in [0.1, 0.15) is 0 Å². The number of hydrogen-bond donors (Lipinski definition) is 2. The van der Waals surface area contributed by atoms with Crippen LogP contribution in [-0.4, -0.2) is 41.6 Å². The Morgan fingerprint density at radius 2 is 2.05 bits per heavy atom. The number of amides is 2. The van der Waals surface area contributed by atoms with E-state index in [4.69, 9.17) is 5.11 Å². The molecule has 120 valence electrons. The van der Waals surface area contributed by atoms with E-state index in [0.29, 0.717) is 13.1 Å². The zero-order valence-corrected chi connectivity index (χ0v) is 13.2. The maximum Gasteiger partial charge on any atom is 0.317 e. The first-order chi connectivity index (χ1) is 9.97. The summed E-state index contributed by atoms with van der Waals surface area (Å²) in [6.45, 7) is 5.91. The van der Waals surface area contributed by atoms with Gasteiger partial charge in [-0.1, -0.05) is 33.1 Å². The van der Waals surface area contributed by atoms with Gasteiger partial charge in [0.05, 0.1) is 5.92 Å². The quantitative estimate of drug-likeness (QED) is 0.819. The van der Waals surface area contributed by atoms with Crippen molar-refractivity contribution in [2.45, 2.75) is 46.0 Å². The molecule has 5 nitrogen and oxygen atoms in total. The van der Waals surface area contributed by atoms with Gasteiger partial charge in [0.25, 0.3) is 0 Å². The number of rotatable bonds is 5. The molecule has 1 aliphatic carbocycles. The Hall–Kier alpha value is -1.26. The van der Waals surface area contributed by atoms with Crippen LogP contribution in [0, 0.1) is 23.7 Å². The summed E-state index contributed by atoms with van der Waals surface area (Å²) in [6, 6.07) is -0.0345. The third-order valence-electron chi connectivity index (χ3n) is 5.17. The molecule has 3 atom stereocenters. The molecule has 2 rings (SSSR count). The molecule has 0 radical (unpaired) electrons. The van der Waals surface area contributed by atoms with Gasteiger partial charge in [0, 0.05) is 25.6 Å². The monoisotopic (exact) mass is 296 g/mol. The summed E-state index contributed by atoms with van der Waals surface area (Å²) >= 11 is 0. The number of urea groups is 1. The van der Waals surface area contributed by atoms with Gasteiger partial charge in [-0.2, -0.15) is 0 Å². The first kappa shape index (κ1) is 16.1. The maximum atomic E-state index is 11.9. The molecule has 0 aromatic rings. The van der Waals surface area contributed by atoms with Crippen LogP contribution >= 0.6 is 0 Å². The Kier molecular flexibility index (Phi) is 5.48. The van der Waals surface area contributed by atoms with E-state index in [0.717, 1.165) is 24.8 Å². The number of aliphatic carboxylic acids is 1. The molecule has 3 unspecified atom stereocenters. The minimum absolute atomic E-state index is 0.0345. The third-order valence-corrected chi connectivity index (χ3v) is 5.17. The first-order valence-corrected chi connectivity index (χ1v) is 8.23. The number of nitrogens with one attached hydrogen (secondary N) is 1. The number of hydrogen-bond acceptors (Lipinski definition) is 2. The molecule has 2 amide bonds. The van der Waals surface area contributed by atoms with Gasteiger partial charge in [-0.05, 0) is 24.7 Å². The lowest BCUT2D eigenvalue weighted by molar-refractivity contribution is -0.144. The Bertz CT molecular complexity index is 380. The van der Waals surface area contributed by atoms with Crippen LogP contribution in [0.1, 0.15) is 46.0 Å². The molecule has 0 spiro atoms. The number of carboxylic acid groups (broad SMARTS) is 1. The fourth-order valence-corrected chi connectivity index (χ4v) is 3.51. The van der Waals surface area contributed by atoms with Crippen LogP contribution in [0.2, 0.25) is 0 Å². The van der Waals surface area contributed by atoms with Crippen molar-refractivity contribution >= 4 is 12.0 Å². The second-order valence-corrected chi connectivity index (χ2v) is 6.95. The largest absolute Gasteiger partial charge is 0.481 e. The van der Waals surface area contributed by atoms with Crippen molar-refractivity contribution in [1.29, 1.82) is 0 Å². The average molecular weight is 296 g/mol. The first-order valence-electron chi connectivity index (χ1n) is 8.23. The summed E-state index contributed by atoms with van der Waals surface area (Å²) in [7, 11) is 0. The van der Waals surface area contributed by atoms with Crippen molar-refractivity contribution in [3.05, 3.63) is 0 Å². The van der Waals surface area contributed by atoms with Crippen molar-refractivity contribution in [1.82, 2.24) is 10.2 Å². The average Bonchev–Trinajstić information content (AvgIpc) is 2.36. The van der Waals surface area contributed by atoms with E-state index in [9.17, 15) is 9.59 Å². The SMILES string of the molecule is CC1CCCC(CCNC(=O)N2CC(C(C)C(=O)O)C2)C1. The molecular weight excluding hydrogens is 268 g/mol. The third kappa shape index (κ3) is 4.35. The van der Waals surface area contributed by atoms with E-state index in [1.807, 2.05) is 0 Å². The van der Waals surface area contributed by atoms with Crippen LogP contribution < -0.4 is 5.32 Å². The lowest BCUT2D eigenvalue weighted by Gasteiger charge is -2.41. The number of carboxylic acids is 1. The van der Waals surface area contributed by atoms with Crippen LogP contribution in [0.5, 0.6) is 0 Å². The van der Waals surface area contributed by atoms with E-state index in [-0.39, 0.29) is 17.9 Å². The molecule has 21 heavy (non-hydrogen) atoms. The summed E-state index contributed by atoms with van der Waals surface area (Å²) in [5.74, 6) is 0.551. The van der Waals surface area contributed by atoms with Gasteiger partial charge in [-0.25, -0.2) is 4.79 Å². The van der Waals surface area contributed by atoms with Crippen molar-refractivity contribution < 1.29 is 14.7 Å². The highest BCUT2D eigenvalue weighted by Gasteiger charge is 2.37. The van der Waals surface area contributed by atoms with Gasteiger partial charge in [0.2, 0.25) is 0 Å². The fourth-order valence-electron chi connectivity index (χ4n) is 3.51. The second kappa shape index (κ2) is 7.14. The molecule has 2 aliphatic rings. The molecule has 5 heteroatoms. The minimum atomic E-state index is -0.772. The molecule has 0 bridgehead atoms. The predicted octanol–water partition coefficient (Wildman–Crippen LogP) is 2.56. The van der Waals surface area contributed by atoms with E-state index in [2.05, 4.69) is 12.2 Å². The molecule has 0 aromatic carbocycles. The highest BCUT2D eigenvalue weighted by Crippen LogP contribution is 2.30. The van der Waals surface area contributed by atoms with Gasteiger partial charge >= 0.3 is 12.0 Å². The molecule has 0 aromatic heterocycles. The lowest BCUT2D eigenvalue weighted by atomic mass is 9.81. The molecule has 1 saturated carbocycles. The van der Waals surface area contributed by atoms with Gasteiger partial charge in [-0.3, -0.25) is 4.79 Å². The maximum absolute atomic E-state index is 11.9. The number of carbonyl (C=O) groups excluding carboxylic acids is 1. The van der Waals surface area contributed by atoms with Crippen LogP contribution in [-0.2, 0) is 4.79 Å². The number of nitrogens with zero attached hydrogens (tertiary/aromatic N) is 1. The Morgan fingerprint density at radius 1 is 1.33 bits per heavy atom. The van der Waals surface area contributed by atoms with Crippen molar-refractivity contribution in [2.24, 2.45) is 23.7 Å². The smallest absolute Gasteiger partial charge is 0.317 e. The van der Waals surface area contributed by atoms with E-state index in [1.165, 1.54) is 25.7 Å². The van der Waals surface area contributed by atoms with Gasteiger partial charge in [0.15, 0.2) is 0 Å². The predicted molar refractivity (Wildman–Crippen MR) is 81.0 cm³/mol. The lowest BCUT2D eigenvalue weighted by Crippen LogP contribution is -2.56. The Morgan fingerprint density at radius 3 is 2.67 bits per heavy atom. The van der Waals surface area contributed by atoms with Crippen LogP contribution in [0.15, 0.2) is 0 Å². The van der Waals surface area contributed by atoms with Crippen molar-refractivity contribution in [2.75, 3.05) is 19.6 Å². The van der Waals surface area contributed by atoms with E-state index in [1.54, 1.807) is 11.8 Å². The zero-order chi connectivity index (χ0) is 15.4. The molecule has 1 saturated heterocycles. The topological polar surface area (TPSA) is 69.6 Å². The standard InChI is InChI=1S/C16H28N2O3/c1-11-4-3-5-13(8-11)6-7-17-16(21)18-9-14(10-18)12(2)15(19)20/h11-14H,3-10H2,1-2H3,(H,17,21)(H,19,20). The van der Waals surface area contributed by atoms with Crippen LogP contribution in [0.4, 0.5) is 4.79 Å². The molecule has 1 aliphatic heterocycles. The van der Waals surface area contributed by atoms with E-state index >= 15 is 0 Å². The summed E-state index contributed by atoms with van der Waals surface area (Å²) in [4.78, 5) is 24.5. The molecule has 2 N–H and O–H groups in total. The number of likely N-dealkylation sites (tertiary alicyclic amines) is 1. The van der Waals surface area contributed by atoms with Gasteiger partial charge < -0.3 is 15.3 Å². The molecule has 2 fully saturated rings. The van der Waals surface area contributed by atoms with Crippen molar-refractivity contribution in [3.8, 4) is 0 Å². The summed E-state index contributed by atoms with van der Waals surface area (Å²) in [6.07, 6.45) is 6.32. The van der Waals surface area contributed by atoms with Crippen LogP contribution in [0.25, 0.3) is 0 Å². The van der Waals surface area contributed by atoms with E-state index < -0.39 is 5.97 Å². The summed E-state index contributed by atoms with van der Waals surface area (Å²) in [5, 5.41) is 11.9. The normalized spacial score (nSPS) is 27.8. The van der Waals surface area contributed by atoms with Crippen LogP contribution in [0.3, 0.4) is 0 Å². The fraction of sp³-hybridized carbons (Fsp3) is 0.875. The Labute approximate surface area is 127 Å². The van der Waals surface area contributed by atoms with Gasteiger partial charge in [-0.15, -0.1) is 0 Å². The number of carbonyl (C=O) groups is 2. The minimum Gasteiger partial charge on any atom is -0.481 e. The second-order valence-electron chi connectivity index (χ2n) is 6.95. The molecular formula is C16H28N2O3. The highest BCUT2D eigenvalue weighted by atomic mass is 16.4. The highest BCUT2D eigenvalue weighted by molar-refractivity contribution is 5.76. The summed E-state index contributed by atoms with van der Waals surface area (Å²) in [5.41, 5.74) is 0. The summed E-state index contributed by atoms with van der Waals surface area (Å²) < 4.78 is 0. The molecule has 1 heterocycles. The Balaban J connectivity index is 1.60.